The normalized spacial score (nSPS) is 25.6. The van der Waals surface area contributed by atoms with E-state index in [9.17, 15) is 18.0 Å². The average Bonchev–Trinajstić information content (AvgIpc) is 3.18. The van der Waals surface area contributed by atoms with E-state index < -0.39 is 27.3 Å². The molecule has 0 radical (unpaired) electrons. The van der Waals surface area contributed by atoms with Crippen molar-refractivity contribution in [1.82, 2.24) is 4.72 Å². The summed E-state index contributed by atoms with van der Waals surface area (Å²) in [5.41, 5.74) is -0.714. The molecule has 2 atom stereocenters. The van der Waals surface area contributed by atoms with E-state index in [4.69, 9.17) is 4.74 Å². The zero-order chi connectivity index (χ0) is 16.8. The lowest BCUT2D eigenvalue weighted by molar-refractivity contribution is -0.124. The van der Waals surface area contributed by atoms with Crippen molar-refractivity contribution in [3.05, 3.63) is 30.9 Å². The number of ether oxygens (including phenoxy) is 1. The molecular formula is C15H16N2O5S. The van der Waals surface area contributed by atoms with Crippen molar-refractivity contribution in [3.8, 4) is 5.75 Å². The summed E-state index contributed by atoms with van der Waals surface area (Å²) in [5, 5.41) is 2.47. The van der Waals surface area contributed by atoms with E-state index in [-0.39, 0.29) is 28.9 Å². The number of para-hydroxylation sites is 1. The standard InChI is InChI=1S/C15H16N2O5S/c1-3-9-7-15(9,2)14(19)17-23(20,21)11-6-4-5-10-13(11)16-12(18)8-22-10/h3-6,9H,1,7-8H2,2H3,(H,16,18)(H,17,19)/t9-,15+/m1/s1. The van der Waals surface area contributed by atoms with Crippen LogP contribution in [0.15, 0.2) is 35.7 Å². The highest BCUT2D eigenvalue weighted by molar-refractivity contribution is 7.90. The largest absolute Gasteiger partial charge is 0.482 e. The minimum Gasteiger partial charge on any atom is -0.482 e. The minimum absolute atomic E-state index is 0.0366. The molecule has 2 N–H and O–H groups in total. The molecule has 2 amide bonds. The van der Waals surface area contributed by atoms with Gasteiger partial charge in [0.15, 0.2) is 6.61 Å². The predicted molar refractivity (Wildman–Crippen MR) is 82.3 cm³/mol. The second kappa shape index (κ2) is 5.09. The van der Waals surface area contributed by atoms with Crippen molar-refractivity contribution in [2.24, 2.45) is 11.3 Å². The van der Waals surface area contributed by atoms with Crippen LogP contribution in [0, 0.1) is 11.3 Å². The molecule has 7 nitrogen and oxygen atoms in total. The third-order valence-corrected chi connectivity index (χ3v) is 5.61. The summed E-state index contributed by atoms with van der Waals surface area (Å²) >= 11 is 0. The van der Waals surface area contributed by atoms with Gasteiger partial charge < -0.3 is 10.1 Å². The third kappa shape index (κ3) is 2.59. The first-order valence-corrected chi connectivity index (χ1v) is 8.52. The summed E-state index contributed by atoms with van der Waals surface area (Å²) in [6.45, 7) is 5.14. The number of nitrogens with one attached hydrogen (secondary N) is 2. The molecule has 0 saturated heterocycles. The molecule has 1 aromatic carbocycles. The quantitative estimate of drug-likeness (QED) is 0.800. The summed E-state index contributed by atoms with van der Waals surface area (Å²) in [4.78, 5) is 23.5. The van der Waals surface area contributed by atoms with Gasteiger partial charge in [0.1, 0.15) is 16.3 Å². The number of fused-ring (bicyclic) bond motifs is 1. The van der Waals surface area contributed by atoms with Crippen LogP contribution in [0.4, 0.5) is 5.69 Å². The van der Waals surface area contributed by atoms with E-state index in [0.717, 1.165) is 0 Å². The Morgan fingerprint density at radius 3 is 2.91 bits per heavy atom. The average molecular weight is 336 g/mol. The summed E-state index contributed by atoms with van der Waals surface area (Å²) in [5.74, 6) is -0.817. The van der Waals surface area contributed by atoms with Crippen molar-refractivity contribution < 1.29 is 22.7 Å². The molecule has 0 aromatic heterocycles. The monoisotopic (exact) mass is 336 g/mol. The molecule has 0 bridgehead atoms. The number of rotatable bonds is 4. The molecule has 1 fully saturated rings. The topological polar surface area (TPSA) is 102 Å². The van der Waals surface area contributed by atoms with Gasteiger partial charge >= 0.3 is 0 Å². The van der Waals surface area contributed by atoms with Crippen molar-refractivity contribution in [2.75, 3.05) is 11.9 Å². The van der Waals surface area contributed by atoms with Crippen molar-refractivity contribution >= 4 is 27.5 Å². The Morgan fingerprint density at radius 2 is 2.26 bits per heavy atom. The van der Waals surface area contributed by atoms with Gasteiger partial charge in [0.2, 0.25) is 5.91 Å². The van der Waals surface area contributed by atoms with Crippen LogP contribution in [-0.4, -0.2) is 26.8 Å². The number of carbonyl (C=O) groups is 2. The van der Waals surface area contributed by atoms with Crippen LogP contribution in [0.5, 0.6) is 5.75 Å². The number of hydrogen-bond donors (Lipinski definition) is 2. The zero-order valence-corrected chi connectivity index (χ0v) is 13.3. The number of sulfonamides is 1. The minimum atomic E-state index is -4.13. The van der Waals surface area contributed by atoms with Crippen LogP contribution in [0.2, 0.25) is 0 Å². The van der Waals surface area contributed by atoms with Gasteiger partial charge in [-0.05, 0) is 24.5 Å². The lowest BCUT2D eigenvalue weighted by Gasteiger charge is -2.21. The molecule has 0 spiro atoms. The maximum Gasteiger partial charge on any atom is 0.266 e. The molecule has 2 aliphatic rings. The Labute approximate surface area is 133 Å². The van der Waals surface area contributed by atoms with Crippen molar-refractivity contribution in [1.29, 1.82) is 0 Å². The molecule has 122 valence electrons. The fourth-order valence-electron chi connectivity index (χ4n) is 2.59. The van der Waals surface area contributed by atoms with Crippen LogP contribution in [0.1, 0.15) is 13.3 Å². The number of hydrogen-bond acceptors (Lipinski definition) is 5. The number of allylic oxidation sites excluding steroid dienone is 1. The fourth-order valence-corrected chi connectivity index (χ4v) is 3.86. The van der Waals surface area contributed by atoms with E-state index in [1.807, 2.05) is 0 Å². The molecule has 0 unspecified atom stereocenters. The molecule has 8 heteroatoms. The lowest BCUT2D eigenvalue weighted by Crippen LogP contribution is -2.37. The van der Waals surface area contributed by atoms with Crippen LogP contribution < -0.4 is 14.8 Å². The smallest absolute Gasteiger partial charge is 0.266 e. The Balaban J connectivity index is 1.91. The summed E-state index contributed by atoms with van der Waals surface area (Å²) in [7, 11) is -4.13. The highest BCUT2D eigenvalue weighted by Gasteiger charge is 2.55. The van der Waals surface area contributed by atoms with Gasteiger partial charge in [-0.15, -0.1) is 6.58 Å². The Kier molecular flexibility index (Phi) is 3.44. The van der Waals surface area contributed by atoms with Gasteiger partial charge in [-0.2, -0.15) is 0 Å². The van der Waals surface area contributed by atoms with Crippen molar-refractivity contribution in [2.45, 2.75) is 18.2 Å². The van der Waals surface area contributed by atoms with E-state index in [2.05, 4.69) is 16.6 Å². The number of benzene rings is 1. The van der Waals surface area contributed by atoms with E-state index in [0.29, 0.717) is 6.42 Å². The second-order valence-corrected chi connectivity index (χ2v) is 7.52. The van der Waals surface area contributed by atoms with E-state index in [1.165, 1.54) is 12.1 Å². The molecule has 1 heterocycles. The molecule has 1 aromatic rings. The lowest BCUT2D eigenvalue weighted by atomic mass is 10.1. The van der Waals surface area contributed by atoms with Gasteiger partial charge in [0.25, 0.3) is 15.9 Å². The molecular weight excluding hydrogens is 320 g/mol. The van der Waals surface area contributed by atoms with Crippen LogP contribution in [0.3, 0.4) is 0 Å². The SMILES string of the molecule is C=C[C@@H]1C[C@]1(C)C(=O)NS(=O)(=O)c1cccc2c1NC(=O)CO2. The Hall–Kier alpha value is -2.35. The summed E-state index contributed by atoms with van der Waals surface area (Å²) in [6.07, 6.45) is 2.20. The molecule has 1 aliphatic carbocycles. The van der Waals surface area contributed by atoms with Crippen LogP contribution >= 0.6 is 0 Å². The summed E-state index contributed by atoms with van der Waals surface area (Å²) in [6, 6.07) is 4.34. The fraction of sp³-hybridized carbons (Fsp3) is 0.333. The molecule has 1 aliphatic heterocycles. The van der Waals surface area contributed by atoms with Crippen LogP contribution in [0.25, 0.3) is 0 Å². The third-order valence-electron chi connectivity index (χ3n) is 4.23. The highest BCUT2D eigenvalue weighted by atomic mass is 32.2. The first-order valence-electron chi connectivity index (χ1n) is 7.03. The van der Waals surface area contributed by atoms with Gasteiger partial charge in [0, 0.05) is 0 Å². The van der Waals surface area contributed by atoms with Crippen molar-refractivity contribution in [3.63, 3.8) is 0 Å². The number of anilines is 1. The first kappa shape index (κ1) is 15.5. The first-order chi connectivity index (χ1) is 10.8. The number of amides is 2. The molecule has 3 rings (SSSR count). The van der Waals surface area contributed by atoms with Crippen LogP contribution in [-0.2, 0) is 19.6 Å². The predicted octanol–water partition coefficient (Wildman–Crippen LogP) is 1.03. The van der Waals surface area contributed by atoms with Gasteiger partial charge in [-0.1, -0.05) is 19.1 Å². The number of carbonyl (C=O) groups excluding carboxylic acids is 2. The highest BCUT2D eigenvalue weighted by Crippen LogP contribution is 2.53. The zero-order valence-electron chi connectivity index (χ0n) is 12.5. The van der Waals surface area contributed by atoms with E-state index in [1.54, 1.807) is 19.1 Å². The van der Waals surface area contributed by atoms with Gasteiger partial charge in [-0.25, -0.2) is 13.1 Å². The van der Waals surface area contributed by atoms with Gasteiger partial charge in [-0.3, -0.25) is 9.59 Å². The maximum absolute atomic E-state index is 12.5. The maximum atomic E-state index is 12.5. The summed E-state index contributed by atoms with van der Waals surface area (Å²) < 4.78 is 32.3. The van der Waals surface area contributed by atoms with Gasteiger partial charge in [0.05, 0.1) is 5.41 Å². The molecule has 23 heavy (non-hydrogen) atoms. The molecule has 1 saturated carbocycles. The second-order valence-electron chi connectivity index (χ2n) is 5.86. The van der Waals surface area contributed by atoms with E-state index >= 15 is 0 Å². The Bertz CT molecular complexity index is 817. The Morgan fingerprint density at radius 1 is 1.52 bits per heavy atom.